The van der Waals surface area contributed by atoms with Crippen LogP contribution in [-0.4, -0.2) is 53.8 Å². The van der Waals surface area contributed by atoms with Gasteiger partial charge in [-0.3, -0.25) is 9.59 Å². The van der Waals surface area contributed by atoms with Crippen molar-refractivity contribution in [3.05, 3.63) is 64.7 Å². The molecule has 8 heteroatoms. The van der Waals surface area contributed by atoms with E-state index in [1.54, 1.807) is 18.2 Å². The van der Waals surface area contributed by atoms with Crippen molar-refractivity contribution in [1.29, 1.82) is 5.26 Å². The second-order valence-electron chi connectivity index (χ2n) is 9.46. The third-order valence-corrected chi connectivity index (χ3v) is 6.68. The largest absolute Gasteiger partial charge is 0.368 e. The van der Waals surface area contributed by atoms with E-state index in [1.807, 2.05) is 49.9 Å². The minimum Gasteiger partial charge on any atom is -0.368 e. The standard InChI is InChI=1S/C27H33N5O3/c1-17(2)24(25(29)33)31(4)27(35)30-23-15-22(8-5-18(23)3)26(34)32-13-11-21(12-14-32)20-9-6-19(16-28)7-10-20/h5-10,15,17,21,24H,11-14H2,1-4H3,(H2,29,33)(H,30,35). The van der Waals surface area contributed by atoms with E-state index in [9.17, 15) is 14.4 Å². The Hall–Kier alpha value is -3.86. The Morgan fingerprint density at radius 1 is 1.11 bits per heavy atom. The molecular formula is C27H33N5O3. The summed E-state index contributed by atoms with van der Waals surface area (Å²) >= 11 is 0. The Balaban J connectivity index is 1.67. The summed E-state index contributed by atoms with van der Waals surface area (Å²) in [6.07, 6.45) is 1.70. The molecule has 1 heterocycles. The summed E-state index contributed by atoms with van der Waals surface area (Å²) in [7, 11) is 1.53. The number of amides is 4. The van der Waals surface area contributed by atoms with E-state index in [2.05, 4.69) is 11.4 Å². The molecule has 0 saturated carbocycles. The van der Waals surface area contributed by atoms with Crippen LogP contribution in [0.25, 0.3) is 0 Å². The number of likely N-dealkylation sites (N-methyl/N-ethyl adjacent to an activating group) is 1. The number of benzene rings is 2. The van der Waals surface area contributed by atoms with Crippen molar-refractivity contribution in [3.8, 4) is 6.07 Å². The topological polar surface area (TPSA) is 120 Å². The molecule has 8 nitrogen and oxygen atoms in total. The zero-order valence-electron chi connectivity index (χ0n) is 20.7. The van der Waals surface area contributed by atoms with Crippen LogP contribution in [0.1, 0.15) is 59.7 Å². The van der Waals surface area contributed by atoms with Gasteiger partial charge in [-0.15, -0.1) is 0 Å². The van der Waals surface area contributed by atoms with Gasteiger partial charge in [0.15, 0.2) is 0 Å². The lowest BCUT2D eigenvalue weighted by atomic mass is 9.89. The number of aryl methyl sites for hydroxylation is 1. The predicted molar refractivity (Wildman–Crippen MR) is 135 cm³/mol. The second kappa shape index (κ2) is 11.0. The van der Waals surface area contributed by atoms with Crippen molar-refractivity contribution >= 4 is 23.5 Å². The molecule has 2 aromatic carbocycles. The molecule has 184 valence electrons. The summed E-state index contributed by atoms with van der Waals surface area (Å²) in [5.41, 5.74) is 9.15. The summed E-state index contributed by atoms with van der Waals surface area (Å²) in [6, 6.07) is 13.9. The number of likely N-dealkylation sites (tertiary alicyclic amines) is 1. The van der Waals surface area contributed by atoms with Gasteiger partial charge >= 0.3 is 6.03 Å². The summed E-state index contributed by atoms with van der Waals surface area (Å²) < 4.78 is 0. The van der Waals surface area contributed by atoms with Crippen molar-refractivity contribution in [2.45, 2.75) is 45.6 Å². The summed E-state index contributed by atoms with van der Waals surface area (Å²) in [4.78, 5) is 40.9. The number of nitrogens with one attached hydrogen (secondary N) is 1. The number of anilines is 1. The van der Waals surface area contributed by atoms with Crippen LogP contribution < -0.4 is 11.1 Å². The lowest BCUT2D eigenvalue weighted by Crippen LogP contribution is -2.50. The number of hydrogen-bond acceptors (Lipinski definition) is 4. The first kappa shape index (κ1) is 25.8. The number of nitrogens with zero attached hydrogens (tertiary/aromatic N) is 3. The Labute approximate surface area is 206 Å². The molecule has 1 aliphatic heterocycles. The van der Waals surface area contributed by atoms with Crippen LogP contribution in [0, 0.1) is 24.2 Å². The molecule has 1 atom stereocenters. The van der Waals surface area contributed by atoms with Gasteiger partial charge in [0.05, 0.1) is 11.6 Å². The normalized spacial score (nSPS) is 14.8. The number of urea groups is 1. The molecule has 1 unspecified atom stereocenters. The first-order valence-electron chi connectivity index (χ1n) is 11.9. The fourth-order valence-electron chi connectivity index (χ4n) is 4.61. The van der Waals surface area contributed by atoms with Crippen LogP contribution in [0.5, 0.6) is 0 Å². The maximum Gasteiger partial charge on any atom is 0.322 e. The monoisotopic (exact) mass is 475 g/mol. The molecule has 4 amide bonds. The highest BCUT2D eigenvalue weighted by Crippen LogP contribution is 2.29. The highest BCUT2D eigenvalue weighted by Gasteiger charge is 2.29. The molecule has 2 aromatic rings. The Bertz CT molecular complexity index is 1130. The molecule has 0 aliphatic carbocycles. The second-order valence-corrected chi connectivity index (χ2v) is 9.46. The number of carbonyl (C=O) groups excluding carboxylic acids is 3. The molecule has 1 fully saturated rings. The van der Waals surface area contributed by atoms with E-state index < -0.39 is 18.0 Å². The number of carbonyl (C=O) groups is 3. The van der Waals surface area contributed by atoms with Gasteiger partial charge in [0.25, 0.3) is 5.91 Å². The van der Waals surface area contributed by atoms with Gasteiger partial charge < -0.3 is 20.9 Å². The van der Waals surface area contributed by atoms with Crippen molar-refractivity contribution in [3.63, 3.8) is 0 Å². The van der Waals surface area contributed by atoms with Gasteiger partial charge in [0.1, 0.15) is 6.04 Å². The highest BCUT2D eigenvalue weighted by molar-refractivity contribution is 5.98. The van der Waals surface area contributed by atoms with Gasteiger partial charge in [-0.2, -0.15) is 5.26 Å². The molecule has 1 aliphatic rings. The van der Waals surface area contributed by atoms with Crippen molar-refractivity contribution in [2.24, 2.45) is 11.7 Å². The van der Waals surface area contributed by atoms with Gasteiger partial charge in [-0.25, -0.2) is 4.79 Å². The van der Waals surface area contributed by atoms with Crippen LogP contribution >= 0.6 is 0 Å². The number of nitriles is 1. The number of nitrogens with two attached hydrogens (primary N) is 1. The molecule has 1 saturated heterocycles. The van der Waals surface area contributed by atoms with Gasteiger partial charge in [0, 0.05) is 31.4 Å². The van der Waals surface area contributed by atoms with Gasteiger partial charge in [-0.05, 0) is 67.0 Å². The zero-order chi connectivity index (χ0) is 25.7. The Morgan fingerprint density at radius 2 is 1.74 bits per heavy atom. The fraction of sp³-hybridized carbons (Fsp3) is 0.407. The average molecular weight is 476 g/mol. The van der Waals surface area contributed by atoms with Crippen molar-refractivity contribution in [1.82, 2.24) is 9.80 Å². The van der Waals surface area contributed by atoms with Crippen LogP contribution in [0.2, 0.25) is 0 Å². The summed E-state index contributed by atoms with van der Waals surface area (Å²) in [6.45, 7) is 6.77. The van der Waals surface area contributed by atoms with Crippen molar-refractivity contribution < 1.29 is 14.4 Å². The van der Waals surface area contributed by atoms with E-state index >= 15 is 0 Å². The number of rotatable bonds is 6. The first-order valence-corrected chi connectivity index (χ1v) is 11.9. The molecule has 3 N–H and O–H groups in total. The van der Waals surface area contributed by atoms with Gasteiger partial charge in [0.2, 0.25) is 5.91 Å². The van der Waals surface area contributed by atoms with Crippen LogP contribution in [-0.2, 0) is 4.79 Å². The van der Waals surface area contributed by atoms with E-state index in [1.165, 1.54) is 17.5 Å². The summed E-state index contributed by atoms with van der Waals surface area (Å²) in [5.74, 6) is -0.425. The third kappa shape index (κ3) is 5.99. The van der Waals surface area contributed by atoms with Crippen LogP contribution in [0.3, 0.4) is 0 Å². The molecular weight excluding hydrogens is 442 g/mol. The third-order valence-electron chi connectivity index (χ3n) is 6.68. The molecule has 0 radical (unpaired) electrons. The van der Waals surface area contributed by atoms with E-state index in [0.717, 1.165) is 18.4 Å². The molecule has 0 bridgehead atoms. The predicted octanol–water partition coefficient (Wildman–Crippen LogP) is 3.86. The van der Waals surface area contributed by atoms with Crippen molar-refractivity contribution in [2.75, 3.05) is 25.5 Å². The van der Waals surface area contributed by atoms with E-state index in [-0.39, 0.29) is 11.8 Å². The maximum absolute atomic E-state index is 13.2. The SMILES string of the molecule is Cc1ccc(C(=O)N2CCC(c3ccc(C#N)cc3)CC2)cc1NC(=O)N(C)C(C(N)=O)C(C)C. The summed E-state index contributed by atoms with van der Waals surface area (Å²) in [5, 5.41) is 11.8. The molecule has 0 aromatic heterocycles. The Kier molecular flexibility index (Phi) is 8.13. The Morgan fingerprint density at radius 3 is 2.29 bits per heavy atom. The lowest BCUT2D eigenvalue weighted by molar-refractivity contribution is -0.123. The lowest BCUT2D eigenvalue weighted by Gasteiger charge is -2.32. The minimum atomic E-state index is -0.738. The number of piperidine rings is 1. The highest BCUT2D eigenvalue weighted by atomic mass is 16.2. The van der Waals surface area contributed by atoms with Crippen LogP contribution in [0.15, 0.2) is 42.5 Å². The van der Waals surface area contributed by atoms with Gasteiger partial charge in [-0.1, -0.05) is 32.0 Å². The smallest absolute Gasteiger partial charge is 0.322 e. The molecule has 0 spiro atoms. The molecule has 3 rings (SSSR count). The fourth-order valence-corrected chi connectivity index (χ4v) is 4.61. The average Bonchev–Trinajstić information content (AvgIpc) is 2.84. The zero-order valence-corrected chi connectivity index (χ0v) is 20.7. The number of hydrogen-bond donors (Lipinski definition) is 2. The molecule has 35 heavy (non-hydrogen) atoms. The number of primary amides is 1. The van der Waals surface area contributed by atoms with E-state index in [4.69, 9.17) is 11.0 Å². The minimum absolute atomic E-state index is 0.0793. The quantitative estimate of drug-likeness (QED) is 0.659. The van der Waals surface area contributed by atoms with E-state index in [0.29, 0.717) is 35.8 Å². The maximum atomic E-state index is 13.2. The van der Waals surface area contributed by atoms with Crippen LogP contribution in [0.4, 0.5) is 10.5 Å². The first-order chi connectivity index (χ1) is 16.6.